The Labute approximate surface area is 105 Å². The summed E-state index contributed by atoms with van der Waals surface area (Å²) in [4.78, 5) is 12.2. The Bertz CT molecular complexity index is 423. The van der Waals surface area contributed by atoms with Crippen LogP contribution in [0.2, 0.25) is 0 Å². The molecule has 1 rings (SSSR count). The lowest BCUT2D eigenvalue weighted by atomic mass is 10.2. The fraction of sp³-hybridized carbons (Fsp3) is 0.455. The number of rotatable bonds is 6. The second-order valence-corrected chi connectivity index (χ2v) is 3.90. The van der Waals surface area contributed by atoms with E-state index in [0.717, 1.165) is 0 Å². The Kier molecular flexibility index (Phi) is 4.87. The zero-order valence-corrected chi connectivity index (χ0v) is 10.3. The van der Waals surface area contributed by atoms with Crippen molar-refractivity contribution in [2.45, 2.75) is 12.7 Å². The van der Waals surface area contributed by atoms with Crippen molar-refractivity contribution in [3.05, 3.63) is 28.3 Å². The first kappa shape index (κ1) is 14.2. The van der Waals surface area contributed by atoms with Gasteiger partial charge in [-0.3, -0.25) is 10.1 Å². The third kappa shape index (κ3) is 3.57. The van der Waals surface area contributed by atoms with Crippen LogP contribution in [0.15, 0.2) is 18.2 Å². The summed E-state index contributed by atoms with van der Waals surface area (Å²) >= 11 is 0. The van der Waals surface area contributed by atoms with Gasteiger partial charge in [-0.15, -0.1) is 0 Å². The molecule has 18 heavy (non-hydrogen) atoms. The van der Waals surface area contributed by atoms with Crippen molar-refractivity contribution in [1.82, 2.24) is 0 Å². The van der Waals surface area contributed by atoms with Gasteiger partial charge in [0.1, 0.15) is 5.69 Å². The van der Waals surface area contributed by atoms with E-state index in [9.17, 15) is 10.1 Å². The molecule has 0 fully saturated rings. The van der Waals surface area contributed by atoms with Crippen molar-refractivity contribution < 1.29 is 15.1 Å². The van der Waals surface area contributed by atoms with Crippen LogP contribution >= 0.6 is 0 Å². The average Bonchev–Trinajstić information content (AvgIpc) is 2.34. The molecule has 0 aliphatic rings. The maximum absolute atomic E-state index is 10.9. The van der Waals surface area contributed by atoms with Gasteiger partial charge in [0.2, 0.25) is 0 Å². The van der Waals surface area contributed by atoms with E-state index in [1.165, 1.54) is 6.07 Å². The van der Waals surface area contributed by atoms with Crippen molar-refractivity contribution in [3.63, 3.8) is 0 Å². The lowest BCUT2D eigenvalue weighted by molar-refractivity contribution is -0.383. The molecule has 7 nitrogen and oxygen atoms in total. The molecule has 7 heteroatoms. The maximum Gasteiger partial charge on any atom is 0.294 e. The quantitative estimate of drug-likeness (QED) is 0.394. The normalized spacial score (nSPS) is 10.5. The number of aliphatic hydroxyl groups excluding tert-OH is 1. The lowest BCUT2D eigenvalue weighted by Gasteiger charge is -2.20. The molecule has 0 aliphatic carbocycles. The van der Waals surface area contributed by atoms with Crippen LogP contribution in [-0.2, 0) is 0 Å². The summed E-state index contributed by atoms with van der Waals surface area (Å²) in [5.74, 6) is 0. The second-order valence-electron chi connectivity index (χ2n) is 3.90. The maximum atomic E-state index is 10.9. The minimum Gasteiger partial charge on any atom is -0.383 e. The van der Waals surface area contributed by atoms with Gasteiger partial charge in [0.05, 0.1) is 4.92 Å². The molecule has 0 bridgehead atoms. The van der Waals surface area contributed by atoms with Gasteiger partial charge in [-0.05, 0) is 12.1 Å². The fourth-order valence-corrected chi connectivity index (χ4v) is 1.56. The lowest BCUT2D eigenvalue weighted by Crippen LogP contribution is -2.22. The van der Waals surface area contributed by atoms with Gasteiger partial charge in [-0.1, -0.05) is 0 Å². The third-order valence-electron chi connectivity index (χ3n) is 2.61. The first-order chi connectivity index (χ1) is 8.45. The van der Waals surface area contributed by atoms with Crippen molar-refractivity contribution in [3.8, 4) is 0 Å². The van der Waals surface area contributed by atoms with E-state index < -0.39 is 11.2 Å². The molecule has 100 valence electrons. The van der Waals surface area contributed by atoms with E-state index in [-0.39, 0.29) is 12.1 Å². The molecule has 0 saturated carbocycles. The predicted octanol–water partition coefficient (Wildman–Crippen LogP) is 0.773. The largest absolute Gasteiger partial charge is 0.383 e. The smallest absolute Gasteiger partial charge is 0.294 e. The Morgan fingerprint density at radius 3 is 2.67 bits per heavy atom. The van der Waals surface area contributed by atoms with E-state index in [2.05, 4.69) is 5.32 Å². The summed E-state index contributed by atoms with van der Waals surface area (Å²) < 4.78 is 0. The van der Waals surface area contributed by atoms with Crippen LogP contribution in [0.25, 0.3) is 0 Å². The SMILES string of the molecule is CNc1ccc(N(C)CCC(O)O)cc1[N+](=O)[O-]. The van der Waals surface area contributed by atoms with Crippen LogP contribution in [0.1, 0.15) is 6.42 Å². The fourth-order valence-electron chi connectivity index (χ4n) is 1.56. The number of anilines is 2. The van der Waals surface area contributed by atoms with E-state index in [0.29, 0.717) is 17.9 Å². The number of nitro benzene ring substituents is 1. The second kappa shape index (κ2) is 6.18. The Balaban J connectivity index is 2.90. The van der Waals surface area contributed by atoms with Crippen LogP contribution in [0.3, 0.4) is 0 Å². The number of benzene rings is 1. The van der Waals surface area contributed by atoms with E-state index in [1.54, 1.807) is 31.1 Å². The topological polar surface area (TPSA) is 98.9 Å². The molecule has 0 spiro atoms. The van der Waals surface area contributed by atoms with Crippen molar-refractivity contribution >= 4 is 17.1 Å². The molecule has 0 unspecified atom stereocenters. The highest BCUT2D eigenvalue weighted by atomic mass is 16.6. The zero-order valence-electron chi connectivity index (χ0n) is 10.3. The van der Waals surface area contributed by atoms with Gasteiger partial charge >= 0.3 is 0 Å². The van der Waals surface area contributed by atoms with Crippen molar-refractivity contribution in [2.24, 2.45) is 0 Å². The predicted molar refractivity (Wildman–Crippen MR) is 68.8 cm³/mol. The molecule has 0 amide bonds. The van der Waals surface area contributed by atoms with E-state index >= 15 is 0 Å². The van der Waals surface area contributed by atoms with Crippen molar-refractivity contribution in [2.75, 3.05) is 30.9 Å². The highest BCUT2D eigenvalue weighted by Crippen LogP contribution is 2.28. The van der Waals surface area contributed by atoms with Crippen molar-refractivity contribution in [1.29, 1.82) is 0 Å². The number of hydrogen-bond donors (Lipinski definition) is 3. The number of nitrogens with one attached hydrogen (secondary N) is 1. The monoisotopic (exact) mass is 255 g/mol. The highest BCUT2D eigenvalue weighted by molar-refractivity contribution is 5.68. The molecule has 0 atom stereocenters. The van der Waals surface area contributed by atoms with Crippen LogP contribution < -0.4 is 10.2 Å². The summed E-state index contributed by atoms with van der Waals surface area (Å²) in [7, 11) is 3.36. The molecule has 0 radical (unpaired) electrons. The average molecular weight is 255 g/mol. The van der Waals surface area contributed by atoms with Crippen LogP contribution in [0.5, 0.6) is 0 Å². The summed E-state index contributed by atoms with van der Waals surface area (Å²) in [6.07, 6.45) is -1.20. The Hall–Kier alpha value is -1.86. The van der Waals surface area contributed by atoms with Crippen LogP contribution in [-0.4, -0.2) is 42.1 Å². The van der Waals surface area contributed by atoms with Gasteiger partial charge in [-0.25, -0.2) is 0 Å². The summed E-state index contributed by atoms with van der Waals surface area (Å²) in [6, 6.07) is 4.82. The van der Waals surface area contributed by atoms with Gasteiger partial charge in [0.15, 0.2) is 6.29 Å². The number of aliphatic hydroxyl groups is 2. The van der Waals surface area contributed by atoms with E-state index in [1.807, 2.05) is 0 Å². The molecular formula is C11H17N3O4. The van der Waals surface area contributed by atoms with Gasteiger partial charge in [0.25, 0.3) is 5.69 Å². The zero-order chi connectivity index (χ0) is 13.7. The Morgan fingerprint density at radius 1 is 1.50 bits per heavy atom. The molecule has 0 saturated heterocycles. The number of nitrogens with zero attached hydrogens (tertiary/aromatic N) is 2. The molecule has 1 aromatic carbocycles. The van der Waals surface area contributed by atoms with E-state index in [4.69, 9.17) is 10.2 Å². The van der Waals surface area contributed by atoms with Gasteiger partial charge < -0.3 is 20.4 Å². The molecule has 0 aliphatic heterocycles. The first-order valence-electron chi connectivity index (χ1n) is 5.49. The third-order valence-corrected chi connectivity index (χ3v) is 2.61. The van der Waals surface area contributed by atoms with Gasteiger partial charge in [0, 0.05) is 38.8 Å². The molecular weight excluding hydrogens is 238 g/mol. The van der Waals surface area contributed by atoms with Gasteiger partial charge in [-0.2, -0.15) is 0 Å². The molecule has 1 aromatic rings. The highest BCUT2D eigenvalue weighted by Gasteiger charge is 2.15. The summed E-state index contributed by atoms with van der Waals surface area (Å²) in [5.41, 5.74) is 1.09. The standard InChI is InChI=1S/C11H17N3O4/c1-12-9-4-3-8(7-10(9)14(17)18)13(2)6-5-11(15)16/h3-4,7,11-12,15-16H,5-6H2,1-2H3. The number of nitro groups is 1. The number of hydrogen-bond acceptors (Lipinski definition) is 6. The summed E-state index contributed by atoms with van der Waals surface area (Å²) in [6.45, 7) is 0.397. The molecule has 0 heterocycles. The summed E-state index contributed by atoms with van der Waals surface area (Å²) in [5, 5.41) is 31.2. The molecule has 0 aromatic heterocycles. The molecule has 3 N–H and O–H groups in total. The Morgan fingerprint density at radius 2 is 2.17 bits per heavy atom. The van der Waals surface area contributed by atoms with Crippen LogP contribution in [0, 0.1) is 10.1 Å². The minimum absolute atomic E-state index is 0.00797. The minimum atomic E-state index is -1.38. The first-order valence-corrected chi connectivity index (χ1v) is 5.49. The van der Waals surface area contributed by atoms with Crippen LogP contribution in [0.4, 0.5) is 17.1 Å².